The third-order valence-corrected chi connectivity index (χ3v) is 7.26. The molecular weight excluding hydrogens is 382 g/mol. The summed E-state index contributed by atoms with van der Waals surface area (Å²) in [5, 5.41) is 10.2. The van der Waals surface area contributed by atoms with Crippen molar-refractivity contribution in [3.05, 3.63) is 64.7 Å². The van der Waals surface area contributed by atoms with Crippen LogP contribution >= 0.6 is 0 Å². The molecule has 2 aliphatic carbocycles. The molecule has 0 saturated heterocycles. The standard InChI is InChI=1S/C26H32F2O2/c1-3-5-25(29)17-6-8-22(23(27)15-17)21-12-11-19-18(9-10-20(19)21)16-7-13-26(30-4-2)24(28)14-16/h6-8,13-15,18-21,25,29H,3-5,9-12H2,1-2H3. The number of benzene rings is 2. The first-order chi connectivity index (χ1) is 14.5. The third kappa shape index (κ3) is 3.99. The van der Waals surface area contributed by atoms with E-state index in [2.05, 4.69) is 0 Å². The summed E-state index contributed by atoms with van der Waals surface area (Å²) < 4.78 is 34.7. The van der Waals surface area contributed by atoms with Crippen LogP contribution < -0.4 is 4.74 Å². The molecule has 0 amide bonds. The van der Waals surface area contributed by atoms with Gasteiger partial charge in [-0.1, -0.05) is 31.5 Å². The molecule has 2 aromatic carbocycles. The lowest BCUT2D eigenvalue weighted by Crippen LogP contribution is -2.13. The number of rotatable bonds is 7. The second-order valence-electron chi connectivity index (χ2n) is 8.90. The van der Waals surface area contributed by atoms with E-state index in [4.69, 9.17) is 4.74 Å². The van der Waals surface area contributed by atoms with Crippen LogP contribution in [0.25, 0.3) is 0 Å². The van der Waals surface area contributed by atoms with Crippen LogP contribution in [0, 0.1) is 23.5 Å². The summed E-state index contributed by atoms with van der Waals surface area (Å²) in [4.78, 5) is 0. The molecule has 4 rings (SSSR count). The minimum Gasteiger partial charge on any atom is -0.491 e. The topological polar surface area (TPSA) is 29.5 Å². The smallest absolute Gasteiger partial charge is 0.165 e. The van der Waals surface area contributed by atoms with Gasteiger partial charge in [-0.15, -0.1) is 0 Å². The second kappa shape index (κ2) is 9.05. The zero-order valence-electron chi connectivity index (χ0n) is 17.9. The van der Waals surface area contributed by atoms with Gasteiger partial charge in [-0.3, -0.25) is 0 Å². The summed E-state index contributed by atoms with van der Waals surface area (Å²) in [5.41, 5.74) is 2.50. The minimum atomic E-state index is -0.597. The Morgan fingerprint density at radius 3 is 2.33 bits per heavy atom. The molecule has 30 heavy (non-hydrogen) atoms. The number of halogens is 2. The van der Waals surface area contributed by atoms with Crippen molar-refractivity contribution >= 4 is 0 Å². The Hall–Kier alpha value is -1.94. The Morgan fingerprint density at radius 1 is 0.933 bits per heavy atom. The maximum Gasteiger partial charge on any atom is 0.165 e. The molecule has 0 aromatic heterocycles. The molecule has 0 bridgehead atoms. The number of aliphatic hydroxyl groups excluding tert-OH is 1. The lowest BCUT2D eigenvalue weighted by atomic mass is 9.82. The lowest BCUT2D eigenvalue weighted by molar-refractivity contribution is 0.166. The number of aliphatic hydroxyl groups is 1. The number of fused-ring (bicyclic) bond motifs is 1. The van der Waals surface area contributed by atoms with E-state index in [9.17, 15) is 13.9 Å². The Labute approximate surface area is 178 Å². The normalized spacial score (nSPS) is 26.6. The van der Waals surface area contributed by atoms with E-state index < -0.39 is 6.10 Å². The quantitative estimate of drug-likeness (QED) is 0.535. The predicted octanol–water partition coefficient (Wildman–Crippen LogP) is 6.88. The zero-order chi connectivity index (χ0) is 21.3. The third-order valence-electron chi connectivity index (χ3n) is 7.26. The second-order valence-corrected chi connectivity index (χ2v) is 8.90. The molecule has 5 unspecified atom stereocenters. The summed E-state index contributed by atoms with van der Waals surface area (Å²) in [6.07, 6.45) is 5.01. The Morgan fingerprint density at radius 2 is 1.67 bits per heavy atom. The van der Waals surface area contributed by atoms with Crippen LogP contribution in [-0.4, -0.2) is 11.7 Å². The molecule has 0 radical (unpaired) electrons. The van der Waals surface area contributed by atoms with E-state index in [1.807, 2.05) is 32.0 Å². The van der Waals surface area contributed by atoms with Gasteiger partial charge in [0.05, 0.1) is 12.7 Å². The van der Waals surface area contributed by atoms with E-state index in [-0.39, 0.29) is 17.6 Å². The van der Waals surface area contributed by atoms with E-state index >= 15 is 0 Å². The fourth-order valence-corrected chi connectivity index (χ4v) is 5.91. The molecule has 2 aromatic rings. The monoisotopic (exact) mass is 414 g/mol. The van der Waals surface area contributed by atoms with Crippen LogP contribution in [0.2, 0.25) is 0 Å². The molecule has 4 heteroatoms. The maximum atomic E-state index is 15.0. The molecule has 5 atom stereocenters. The molecule has 1 N–H and O–H groups in total. The molecule has 162 valence electrons. The van der Waals surface area contributed by atoms with E-state index in [0.717, 1.165) is 43.2 Å². The highest BCUT2D eigenvalue weighted by Gasteiger charge is 2.46. The molecule has 0 aliphatic heterocycles. The number of hydrogen-bond donors (Lipinski definition) is 1. The van der Waals surface area contributed by atoms with Crippen LogP contribution in [0.3, 0.4) is 0 Å². The van der Waals surface area contributed by atoms with Crippen molar-refractivity contribution in [2.45, 2.75) is 70.3 Å². The van der Waals surface area contributed by atoms with E-state index in [1.54, 1.807) is 12.1 Å². The summed E-state index contributed by atoms with van der Waals surface area (Å²) in [7, 11) is 0. The predicted molar refractivity (Wildman–Crippen MR) is 115 cm³/mol. The van der Waals surface area contributed by atoms with Crippen LogP contribution in [0.5, 0.6) is 5.75 Å². The van der Waals surface area contributed by atoms with Crippen molar-refractivity contribution in [2.24, 2.45) is 11.8 Å². The van der Waals surface area contributed by atoms with E-state index in [0.29, 0.717) is 42.1 Å². The van der Waals surface area contributed by atoms with Gasteiger partial charge in [-0.05, 0) is 97.6 Å². The van der Waals surface area contributed by atoms with Gasteiger partial charge in [0.1, 0.15) is 5.82 Å². The van der Waals surface area contributed by atoms with Crippen LogP contribution in [0.1, 0.15) is 87.0 Å². The lowest BCUT2D eigenvalue weighted by Gasteiger charge is -2.22. The highest BCUT2D eigenvalue weighted by atomic mass is 19.1. The summed E-state index contributed by atoms with van der Waals surface area (Å²) in [6.45, 7) is 4.31. The van der Waals surface area contributed by atoms with Crippen molar-refractivity contribution in [2.75, 3.05) is 6.61 Å². The molecule has 2 saturated carbocycles. The van der Waals surface area contributed by atoms with Crippen LogP contribution in [-0.2, 0) is 0 Å². The maximum absolute atomic E-state index is 15.0. The summed E-state index contributed by atoms with van der Waals surface area (Å²) >= 11 is 0. The first-order valence-corrected chi connectivity index (χ1v) is 11.4. The van der Waals surface area contributed by atoms with Gasteiger partial charge >= 0.3 is 0 Å². The molecule has 0 spiro atoms. The van der Waals surface area contributed by atoms with Gasteiger partial charge in [-0.2, -0.15) is 0 Å². The summed E-state index contributed by atoms with van der Waals surface area (Å²) in [5.74, 6) is 1.28. The molecule has 2 fully saturated rings. The molecule has 2 aliphatic rings. The van der Waals surface area contributed by atoms with Crippen molar-refractivity contribution in [3.8, 4) is 5.75 Å². The van der Waals surface area contributed by atoms with Crippen molar-refractivity contribution in [3.63, 3.8) is 0 Å². The first kappa shape index (κ1) is 21.3. The Balaban J connectivity index is 1.51. The van der Waals surface area contributed by atoms with Gasteiger partial charge in [0.25, 0.3) is 0 Å². The SMILES string of the molecule is CCCC(O)c1ccc(C2CCC3C(c4ccc(OCC)c(F)c4)CCC23)c(F)c1. The van der Waals surface area contributed by atoms with Crippen LogP contribution in [0.4, 0.5) is 8.78 Å². The highest BCUT2D eigenvalue weighted by molar-refractivity contribution is 5.35. The molecule has 0 heterocycles. The number of ether oxygens (including phenoxy) is 1. The zero-order valence-corrected chi connectivity index (χ0v) is 17.9. The average Bonchev–Trinajstić information content (AvgIpc) is 3.32. The van der Waals surface area contributed by atoms with Crippen molar-refractivity contribution < 1.29 is 18.6 Å². The minimum absolute atomic E-state index is 0.191. The fourth-order valence-electron chi connectivity index (χ4n) is 5.91. The van der Waals surface area contributed by atoms with Crippen molar-refractivity contribution in [1.29, 1.82) is 0 Å². The average molecular weight is 415 g/mol. The Bertz CT molecular complexity index is 881. The number of hydrogen-bond acceptors (Lipinski definition) is 2. The van der Waals surface area contributed by atoms with Gasteiger partial charge < -0.3 is 9.84 Å². The highest BCUT2D eigenvalue weighted by Crippen LogP contribution is 2.58. The van der Waals surface area contributed by atoms with Gasteiger partial charge in [-0.25, -0.2) is 8.78 Å². The summed E-state index contributed by atoms with van der Waals surface area (Å²) in [6, 6.07) is 10.7. The fraction of sp³-hybridized carbons (Fsp3) is 0.538. The Kier molecular flexibility index (Phi) is 6.43. The van der Waals surface area contributed by atoms with Crippen LogP contribution in [0.15, 0.2) is 36.4 Å². The largest absolute Gasteiger partial charge is 0.491 e. The van der Waals surface area contributed by atoms with E-state index in [1.165, 1.54) is 6.07 Å². The van der Waals surface area contributed by atoms with Crippen molar-refractivity contribution in [1.82, 2.24) is 0 Å². The van der Waals surface area contributed by atoms with Gasteiger partial charge in [0, 0.05) is 0 Å². The molecule has 2 nitrogen and oxygen atoms in total. The van der Waals surface area contributed by atoms with Gasteiger partial charge in [0.2, 0.25) is 0 Å². The molecular formula is C26H32F2O2. The van der Waals surface area contributed by atoms with Gasteiger partial charge in [0.15, 0.2) is 11.6 Å². The first-order valence-electron chi connectivity index (χ1n) is 11.4.